The molecule has 2 unspecified atom stereocenters. The molecular weight excluding hydrogens is 546 g/mol. The van der Waals surface area contributed by atoms with Crippen molar-refractivity contribution < 1.29 is 23.1 Å². The van der Waals surface area contributed by atoms with Crippen LogP contribution in [0, 0.1) is 13.8 Å². The molecule has 0 saturated heterocycles. The Morgan fingerprint density at radius 3 is 1.75 bits per heavy atom. The number of nitrogens with one attached hydrogen (secondary N) is 3. The van der Waals surface area contributed by atoms with E-state index in [0.29, 0.717) is 39.2 Å². The van der Waals surface area contributed by atoms with E-state index in [1.807, 2.05) is 57.2 Å². The summed E-state index contributed by atoms with van der Waals surface area (Å²) in [5.74, 6) is -0.419. The highest BCUT2D eigenvalue weighted by molar-refractivity contribution is 7.86. The number of benzene rings is 4. The highest BCUT2D eigenvalue weighted by atomic mass is 32.2. The quantitative estimate of drug-likeness (QED) is 0.146. The number of aromatic carboxylic acids is 1. The summed E-state index contributed by atoms with van der Waals surface area (Å²) < 4.78 is 37.5. The summed E-state index contributed by atoms with van der Waals surface area (Å²) in [5, 5.41) is 13.1. The lowest BCUT2D eigenvalue weighted by Crippen LogP contribution is -2.10. The van der Waals surface area contributed by atoms with Crippen LogP contribution < -0.4 is 19.5 Å². The number of carboxylic acids is 1. The molecule has 10 heteroatoms. The van der Waals surface area contributed by atoms with Gasteiger partial charge in [-0.05, 0) is 74.9 Å². The Labute approximate surface area is 239 Å². The van der Waals surface area contributed by atoms with E-state index in [-0.39, 0.29) is 11.3 Å². The molecule has 8 nitrogen and oxygen atoms in total. The second kappa shape index (κ2) is 13.3. The Hall–Kier alpha value is -4.15. The standard InChI is InChI=1S/C30H31N3O5S2/c1-4-17-31-29-19-23(10-16-28(29)33-40(37)25-13-7-21(3)8-14-25)38-22-9-15-27(26(18-22)30(34)35)32-39(36)24-11-5-20(2)6-12-24/h5-16,18-19,31-33H,4,17H2,1-3H3,(H,34,35). The average Bonchev–Trinajstić information content (AvgIpc) is 2.94. The van der Waals surface area contributed by atoms with Crippen molar-refractivity contribution in [1.82, 2.24) is 0 Å². The van der Waals surface area contributed by atoms with Crippen LogP contribution in [0.4, 0.5) is 17.1 Å². The third kappa shape index (κ3) is 7.49. The molecule has 0 bridgehead atoms. The molecule has 0 heterocycles. The average molecular weight is 578 g/mol. The molecule has 0 radical (unpaired) electrons. The highest BCUT2D eigenvalue weighted by Crippen LogP contribution is 2.33. The molecule has 0 spiro atoms. The first-order chi connectivity index (χ1) is 19.2. The molecule has 0 amide bonds. The van der Waals surface area contributed by atoms with Crippen molar-refractivity contribution in [2.24, 2.45) is 0 Å². The predicted molar refractivity (Wildman–Crippen MR) is 161 cm³/mol. The van der Waals surface area contributed by atoms with Gasteiger partial charge < -0.3 is 19.9 Å². The first kappa shape index (κ1) is 28.8. The van der Waals surface area contributed by atoms with Crippen LogP contribution in [0.1, 0.15) is 34.8 Å². The van der Waals surface area contributed by atoms with Crippen LogP contribution in [0.5, 0.6) is 11.5 Å². The van der Waals surface area contributed by atoms with Gasteiger partial charge in [0.15, 0.2) is 0 Å². The van der Waals surface area contributed by atoms with Crippen molar-refractivity contribution in [3.8, 4) is 11.5 Å². The van der Waals surface area contributed by atoms with Gasteiger partial charge in [-0.2, -0.15) is 0 Å². The SMILES string of the molecule is CCCNc1cc(Oc2ccc(NS(=O)c3ccc(C)cc3)c(C(=O)O)c2)ccc1NS(=O)c1ccc(C)cc1. The van der Waals surface area contributed by atoms with E-state index in [1.54, 1.807) is 36.4 Å². The minimum atomic E-state index is -1.64. The lowest BCUT2D eigenvalue weighted by Gasteiger charge is -2.16. The molecule has 2 atom stereocenters. The molecule has 0 aliphatic carbocycles. The Kier molecular flexibility index (Phi) is 9.57. The van der Waals surface area contributed by atoms with E-state index in [2.05, 4.69) is 14.8 Å². The Morgan fingerprint density at radius 2 is 1.23 bits per heavy atom. The van der Waals surface area contributed by atoms with Crippen LogP contribution in [0.3, 0.4) is 0 Å². The van der Waals surface area contributed by atoms with Crippen molar-refractivity contribution in [3.05, 3.63) is 102 Å². The maximum absolute atomic E-state index is 12.9. The molecule has 4 aromatic rings. The van der Waals surface area contributed by atoms with Gasteiger partial charge in [0, 0.05) is 12.6 Å². The van der Waals surface area contributed by atoms with Gasteiger partial charge in [-0.25, -0.2) is 13.2 Å². The van der Waals surface area contributed by atoms with Gasteiger partial charge in [-0.1, -0.05) is 42.3 Å². The van der Waals surface area contributed by atoms with Crippen LogP contribution in [-0.4, -0.2) is 26.0 Å². The molecule has 0 fully saturated rings. The molecular formula is C30H31N3O5S2. The number of aryl methyl sites for hydroxylation is 2. The molecule has 208 valence electrons. The normalized spacial score (nSPS) is 12.3. The van der Waals surface area contributed by atoms with Gasteiger partial charge in [0.1, 0.15) is 33.5 Å². The number of rotatable bonds is 12. The summed E-state index contributed by atoms with van der Waals surface area (Å²) in [7, 11) is -3.10. The van der Waals surface area contributed by atoms with Gasteiger partial charge in [0.2, 0.25) is 0 Å². The van der Waals surface area contributed by atoms with Crippen LogP contribution in [0.2, 0.25) is 0 Å². The molecule has 0 saturated carbocycles. The highest BCUT2D eigenvalue weighted by Gasteiger charge is 2.16. The summed E-state index contributed by atoms with van der Waals surface area (Å²) in [6.45, 7) is 6.64. The molecule has 0 aromatic heterocycles. The van der Waals surface area contributed by atoms with Crippen molar-refractivity contribution in [1.29, 1.82) is 0 Å². The maximum Gasteiger partial charge on any atom is 0.337 e. The lowest BCUT2D eigenvalue weighted by atomic mass is 10.1. The monoisotopic (exact) mass is 577 g/mol. The molecule has 0 aliphatic rings. The van der Waals surface area contributed by atoms with E-state index >= 15 is 0 Å². The largest absolute Gasteiger partial charge is 0.478 e. The fraction of sp³-hybridized carbons (Fsp3) is 0.167. The summed E-state index contributed by atoms with van der Waals surface area (Å²) in [6.07, 6.45) is 0.881. The van der Waals surface area contributed by atoms with Crippen LogP contribution in [0.15, 0.2) is 94.7 Å². The molecule has 4 N–H and O–H groups in total. The van der Waals surface area contributed by atoms with Crippen molar-refractivity contribution >= 4 is 45.0 Å². The summed E-state index contributed by atoms with van der Waals surface area (Å²) in [6, 6.07) is 24.4. The molecule has 40 heavy (non-hydrogen) atoms. The minimum absolute atomic E-state index is 0.0749. The van der Waals surface area contributed by atoms with Crippen molar-refractivity contribution in [3.63, 3.8) is 0 Å². The number of anilines is 3. The molecule has 4 rings (SSSR count). The topological polar surface area (TPSA) is 117 Å². The number of carbonyl (C=O) groups is 1. The van der Waals surface area contributed by atoms with E-state index in [1.165, 1.54) is 12.1 Å². The first-order valence-corrected chi connectivity index (χ1v) is 15.0. The molecule has 4 aromatic carbocycles. The lowest BCUT2D eigenvalue weighted by molar-refractivity contribution is 0.0697. The van der Waals surface area contributed by atoms with Gasteiger partial charge in [-0.3, -0.25) is 4.72 Å². The third-order valence-corrected chi connectivity index (χ3v) is 8.10. The minimum Gasteiger partial charge on any atom is -0.478 e. The van der Waals surface area contributed by atoms with E-state index in [0.717, 1.165) is 17.5 Å². The number of hydrogen-bond acceptors (Lipinski definition) is 5. The number of carboxylic acid groups (broad SMARTS) is 1. The molecule has 0 aliphatic heterocycles. The zero-order chi connectivity index (χ0) is 28.6. The van der Waals surface area contributed by atoms with Crippen LogP contribution >= 0.6 is 0 Å². The third-order valence-electron chi connectivity index (χ3n) is 5.89. The Bertz CT molecular complexity index is 1540. The second-order valence-electron chi connectivity index (χ2n) is 9.12. The number of hydrogen-bond donors (Lipinski definition) is 4. The second-order valence-corrected chi connectivity index (χ2v) is 11.5. The van der Waals surface area contributed by atoms with E-state index in [9.17, 15) is 18.3 Å². The predicted octanol–water partition coefficient (Wildman–Crippen LogP) is 6.89. The zero-order valence-corrected chi connectivity index (χ0v) is 24.0. The Morgan fingerprint density at radius 1 is 0.725 bits per heavy atom. The van der Waals surface area contributed by atoms with E-state index < -0.39 is 27.9 Å². The summed E-state index contributed by atoms with van der Waals surface area (Å²) >= 11 is 0. The van der Waals surface area contributed by atoms with Crippen LogP contribution in [0.25, 0.3) is 0 Å². The van der Waals surface area contributed by atoms with E-state index in [4.69, 9.17) is 4.74 Å². The maximum atomic E-state index is 12.9. The van der Waals surface area contributed by atoms with Gasteiger partial charge in [0.25, 0.3) is 0 Å². The van der Waals surface area contributed by atoms with Gasteiger partial charge in [0.05, 0.1) is 32.4 Å². The fourth-order valence-corrected chi connectivity index (χ4v) is 5.47. The zero-order valence-electron chi connectivity index (χ0n) is 22.4. The van der Waals surface area contributed by atoms with Crippen molar-refractivity contribution in [2.45, 2.75) is 37.0 Å². The van der Waals surface area contributed by atoms with Crippen LogP contribution in [-0.2, 0) is 22.0 Å². The first-order valence-electron chi connectivity index (χ1n) is 12.7. The summed E-state index contributed by atoms with van der Waals surface area (Å²) in [4.78, 5) is 13.2. The Balaban J connectivity index is 1.54. The smallest absolute Gasteiger partial charge is 0.337 e. The summed E-state index contributed by atoms with van der Waals surface area (Å²) in [5.41, 5.74) is 3.59. The van der Waals surface area contributed by atoms with Gasteiger partial charge in [-0.15, -0.1) is 0 Å². The number of ether oxygens (including phenoxy) is 1. The fourth-order valence-electron chi connectivity index (χ4n) is 3.71. The van der Waals surface area contributed by atoms with Gasteiger partial charge >= 0.3 is 5.97 Å². The van der Waals surface area contributed by atoms with Crippen molar-refractivity contribution in [2.75, 3.05) is 21.3 Å².